The van der Waals surface area contributed by atoms with Crippen LogP contribution in [0.1, 0.15) is 12.5 Å². The first kappa shape index (κ1) is 15.3. The number of Topliss-reactive ketones (excluding diaryl/α,β-unsaturated/α-hetero) is 1. The number of hydrazone groups is 1. The zero-order valence-corrected chi connectivity index (χ0v) is 11.2. The van der Waals surface area contributed by atoms with Crippen LogP contribution in [0, 0.1) is 0 Å². The number of methoxy groups -OCH3 is 1. The zero-order chi connectivity index (χ0) is 15.8. The summed E-state index contributed by atoms with van der Waals surface area (Å²) in [6, 6.07) is 4.17. The van der Waals surface area contributed by atoms with Crippen LogP contribution >= 0.6 is 0 Å². The fraction of sp³-hybridized carbons (Fsp3) is 0.385. The average molecular weight is 302 g/mol. The van der Waals surface area contributed by atoms with Crippen LogP contribution in [-0.4, -0.2) is 41.5 Å². The molecule has 5 nitrogen and oxygen atoms in total. The normalized spacial score (nSPS) is 26.1. The molecule has 8 heteroatoms. The minimum atomic E-state index is -5.11. The number of halogens is 3. The highest BCUT2D eigenvalue weighted by Gasteiger charge is 2.65. The van der Waals surface area contributed by atoms with E-state index in [0.717, 1.165) is 6.92 Å². The van der Waals surface area contributed by atoms with Gasteiger partial charge in [0.2, 0.25) is 11.4 Å². The second kappa shape index (κ2) is 5.03. The SMILES string of the molecule is COc1ccc(C2=NNC(C)C(O)(C(F)(F)F)C2=O)cc1. The van der Waals surface area contributed by atoms with Crippen molar-refractivity contribution >= 4 is 11.5 Å². The van der Waals surface area contributed by atoms with Crippen molar-refractivity contribution in [2.45, 2.75) is 24.7 Å². The van der Waals surface area contributed by atoms with E-state index in [9.17, 15) is 23.1 Å². The van der Waals surface area contributed by atoms with Gasteiger partial charge in [0.25, 0.3) is 0 Å². The highest BCUT2D eigenvalue weighted by atomic mass is 19.4. The number of ketones is 1. The molecule has 0 aliphatic carbocycles. The summed E-state index contributed by atoms with van der Waals surface area (Å²) in [6.45, 7) is 1.04. The third-order valence-corrected chi connectivity index (χ3v) is 3.35. The van der Waals surface area contributed by atoms with Crippen molar-refractivity contribution < 1.29 is 27.8 Å². The van der Waals surface area contributed by atoms with Gasteiger partial charge in [-0.15, -0.1) is 0 Å². The number of hydrogen-bond acceptors (Lipinski definition) is 5. The maximum Gasteiger partial charge on any atom is 0.426 e. The minimum Gasteiger partial charge on any atom is -0.497 e. The number of aliphatic hydroxyl groups is 1. The van der Waals surface area contributed by atoms with Gasteiger partial charge < -0.3 is 15.3 Å². The van der Waals surface area contributed by atoms with E-state index in [1.807, 2.05) is 0 Å². The molecule has 114 valence electrons. The molecule has 21 heavy (non-hydrogen) atoms. The molecule has 2 N–H and O–H groups in total. The van der Waals surface area contributed by atoms with Gasteiger partial charge in [0.1, 0.15) is 11.5 Å². The molecule has 1 heterocycles. The fourth-order valence-electron chi connectivity index (χ4n) is 2.00. The van der Waals surface area contributed by atoms with Gasteiger partial charge in [0, 0.05) is 5.56 Å². The van der Waals surface area contributed by atoms with Crippen LogP contribution in [0.4, 0.5) is 13.2 Å². The lowest BCUT2D eigenvalue weighted by Gasteiger charge is -2.37. The van der Waals surface area contributed by atoms with Crippen molar-refractivity contribution in [2.75, 3.05) is 7.11 Å². The zero-order valence-electron chi connectivity index (χ0n) is 11.2. The van der Waals surface area contributed by atoms with E-state index in [-0.39, 0.29) is 5.56 Å². The number of ether oxygens (including phenoxy) is 1. The van der Waals surface area contributed by atoms with Gasteiger partial charge >= 0.3 is 6.18 Å². The Morgan fingerprint density at radius 1 is 1.33 bits per heavy atom. The number of nitrogens with zero attached hydrogens (tertiary/aromatic N) is 1. The maximum atomic E-state index is 13.0. The molecule has 0 saturated carbocycles. The molecule has 1 aliphatic heterocycles. The second-order valence-electron chi connectivity index (χ2n) is 4.63. The summed E-state index contributed by atoms with van der Waals surface area (Å²) in [5.74, 6) is -0.999. The van der Waals surface area contributed by atoms with Crippen LogP contribution in [0.15, 0.2) is 29.4 Å². The van der Waals surface area contributed by atoms with E-state index in [0.29, 0.717) is 5.75 Å². The quantitative estimate of drug-likeness (QED) is 0.862. The Hall–Kier alpha value is -2.09. The summed E-state index contributed by atoms with van der Waals surface area (Å²) >= 11 is 0. The monoisotopic (exact) mass is 302 g/mol. The molecule has 0 fully saturated rings. The molecule has 0 bridgehead atoms. The largest absolute Gasteiger partial charge is 0.497 e. The summed E-state index contributed by atoms with van der Waals surface area (Å²) in [5, 5.41) is 13.5. The number of carbonyl (C=O) groups excluding carboxylic acids is 1. The highest BCUT2D eigenvalue weighted by molar-refractivity contribution is 6.49. The number of rotatable bonds is 2. The van der Waals surface area contributed by atoms with Crippen molar-refractivity contribution in [1.82, 2.24) is 5.43 Å². The smallest absolute Gasteiger partial charge is 0.426 e. The molecule has 1 aromatic rings. The molecule has 2 atom stereocenters. The molecular formula is C13H13F3N2O3. The molecule has 0 saturated heterocycles. The van der Waals surface area contributed by atoms with Crippen molar-refractivity contribution in [3.63, 3.8) is 0 Å². The van der Waals surface area contributed by atoms with E-state index in [2.05, 4.69) is 10.5 Å². The summed E-state index contributed by atoms with van der Waals surface area (Å²) in [7, 11) is 1.43. The van der Waals surface area contributed by atoms with Gasteiger partial charge in [-0.1, -0.05) is 0 Å². The lowest BCUT2D eigenvalue weighted by molar-refractivity contribution is -0.256. The molecule has 0 aromatic heterocycles. The standard InChI is InChI=1S/C13H13F3N2O3/c1-7-12(20,13(14,15)16)11(19)10(18-17-7)8-3-5-9(21-2)6-4-8/h3-7,17,20H,1-2H3. The van der Waals surface area contributed by atoms with Crippen molar-refractivity contribution in [3.05, 3.63) is 29.8 Å². The van der Waals surface area contributed by atoms with Crippen molar-refractivity contribution in [3.8, 4) is 5.75 Å². The summed E-state index contributed by atoms with van der Waals surface area (Å²) in [5.41, 5.74) is -1.68. The van der Waals surface area contributed by atoms with Crippen LogP contribution in [0.5, 0.6) is 5.75 Å². The van der Waals surface area contributed by atoms with E-state index in [1.54, 1.807) is 0 Å². The van der Waals surface area contributed by atoms with Crippen molar-refractivity contribution in [1.29, 1.82) is 0 Å². The number of alkyl halides is 3. The number of nitrogens with one attached hydrogen (secondary N) is 1. The first-order valence-corrected chi connectivity index (χ1v) is 6.03. The van der Waals surface area contributed by atoms with Crippen LogP contribution in [-0.2, 0) is 4.79 Å². The Morgan fingerprint density at radius 2 is 1.90 bits per heavy atom. The lowest BCUT2D eigenvalue weighted by Crippen LogP contribution is -2.67. The average Bonchev–Trinajstić information content (AvgIpc) is 2.44. The van der Waals surface area contributed by atoms with E-state index >= 15 is 0 Å². The molecule has 1 aromatic carbocycles. The molecule has 1 aliphatic rings. The number of hydrogen-bond donors (Lipinski definition) is 2. The Labute approximate surface area is 118 Å². The lowest BCUT2D eigenvalue weighted by atomic mass is 9.84. The molecule has 0 spiro atoms. The first-order valence-electron chi connectivity index (χ1n) is 6.03. The van der Waals surface area contributed by atoms with Gasteiger partial charge in [-0.3, -0.25) is 4.79 Å². The first-order chi connectivity index (χ1) is 9.71. The summed E-state index contributed by atoms with van der Waals surface area (Å²) < 4.78 is 44.1. The van der Waals surface area contributed by atoms with Gasteiger partial charge in [-0.05, 0) is 31.2 Å². The fourth-order valence-corrected chi connectivity index (χ4v) is 2.00. The highest BCUT2D eigenvalue weighted by Crippen LogP contribution is 2.36. The Kier molecular flexibility index (Phi) is 3.66. The molecular weight excluding hydrogens is 289 g/mol. The third-order valence-electron chi connectivity index (χ3n) is 3.35. The number of benzene rings is 1. The predicted molar refractivity (Wildman–Crippen MR) is 68.1 cm³/mol. The van der Waals surface area contributed by atoms with Crippen molar-refractivity contribution in [2.24, 2.45) is 5.10 Å². The van der Waals surface area contributed by atoms with Crippen LogP contribution in [0.3, 0.4) is 0 Å². The molecule has 0 amide bonds. The van der Waals surface area contributed by atoms with Crippen LogP contribution in [0.2, 0.25) is 0 Å². The predicted octanol–water partition coefficient (Wildman–Crippen LogP) is 1.25. The van der Waals surface area contributed by atoms with E-state index in [4.69, 9.17) is 4.74 Å². The molecule has 2 rings (SSSR count). The van der Waals surface area contributed by atoms with Gasteiger partial charge in [0.05, 0.1) is 13.2 Å². The van der Waals surface area contributed by atoms with Crippen LogP contribution < -0.4 is 10.2 Å². The minimum absolute atomic E-state index is 0.155. The molecule has 2 unspecified atom stereocenters. The topological polar surface area (TPSA) is 70.9 Å². The summed E-state index contributed by atoms with van der Waals surface area (Å²) in [4.78, 5) is 12.1. The Bertz CT molecular complexity index is 583. The van der Waals surface area contributed by atoms with E-state index < -0.39 is 29.3 Å². The Balaban J connectivity index is 2.44. The van der Waals surface area contributed by atoms with Gasteiger partial charge in [-0.2, -0.15) is 18.3 Å². The van der Waals surface area contributed by atoms with Gasteiger partial charge in [0.15, 0.2) is 0 Å². The second-order valence-corrected chi connectivity index (χ2v) is 4.63. The third kappa shape index (κ3) is 2.35. The summed E-state index contributed by atoms with van der Waals surface area (Å²) in [6.07, 6.45) is -5.11. The number of carbonyl (C=O) groups is 1. The van der Waals surface area contributed by atoms with Crippen LogP contribution in [0.25, 0.3) is 0 Å². The van der Waals surface area contributed by atoms with Gasteiger partial charge in [-0.25, -0.2) is 0 Å². The maximum absolute atomic E-state index is 13.0. The van der Waals surface area contributed by atoms with E-state index in [1.165, 1.54) is 31.4 Å². The Morgan fingerprint density at radius 3 is 2.38 bits per heavy atom. The molecule has 0 radical (unpaired) electrons.